The molecule has 3 aliphatic rings. The molecule has 2 N–H and O–H groups in total. The van der Waals surface area contributed by atoms with Crippen LogP contribution in [-0.4, -0.2) is 63.2 Å². The molecule has 9 heteroatoms. The number of aliphatic hydroxyl groups is 2. The fourth-order valence-electron chi connectivity index (χ4n) is 7.31. The van der Waals surface area contributed by atoms with E-state index in [0.29, 0.717) is 11.3 Å². The van der Waals surface area contributed by atoms with Crippen LogP contribution in [0.1, 0.15) is 30.9 Å². The highest BCUT2D eigenvalue weighted by atomic mass is 16.6. The number of rotatable bonds is 6. The maximum absolute atomic E-state index is 14.5. The Kier molecular flexibility index (Phi) is 7.92. The predicted octanol–water partition coefficient (Wildman–Crippen LogP) is 3.22. The Bertz CT molecular complexity index is 1590. The summed E-state index contributed by atoms with van der Waals surface area (Å²) in [6, 6.07) is 26.1. The first kappa shape index (κ1) is 29.5. The first-order valence-corrected chi connectivity index (χ1v) is 14.7. The molecule has 0 spiro atoms. The second kappa shape index (κ2) is 11.8. The summed E-state index contributed by atoms with van der Waals surface area (Å²) in [5, 5.41) is 23.1. The second-order valence-electron chi connectivity index (χ2n) is 11.7. The Morgan fingerprint density at radius 2 is 1.36 bits per heavy atom. The van der Waals surface area contributed by atoms with Crippen molar-refractivity contribution >= 4 is 29.4 Å². The average Bonchev–Trinajstić information content (AvgIpc) is 3.29. The molecule has 0 radical (unpaired) electrons. The van der Waals surface area contributed by atoms with Gasteiger partial charge in [-0.15, -0.1) is 0 Å². The van der Waals surface area contributed by atoms with Crippen LogP contribution in [-0.2, 0) is 30.5 Å². The number of benzene rings is 3. The number of aliphatic hydroxyl groups excluding tert-OH is 2. The summed E-state index contributed by atoms with van der Waals surface area (Å²) in [6.07, 6.45) is -2.69. The minimum absolute atomic E-state index is 0.0925. The molecule has 3 amide bonds. The number of ether oxygens (including phenoxy) is 1. The molecule has 3 aromatic rings. The highest BCUT2D eigenvalue weighted by Gasteiger charge is 2.64. The van der Waals surface area contributed by atoms with Crippen LogP contribution in [0.3, 0.4) is 0 Å². The van der Waals surface area contributed by atoms with Gasteiger partial charge in [0.1, 0.15) is 12.2 Å². The molecule has 1 aliphatic heterocycles. The highest BCUT2D eigenvalue weighted by Crippen LogP contribution is 2.54. The first-order valence-electron chi connectivity index (χ1n) is 14.7. The maximum atomic E-state index is 14.5. The SMILES string of the molecule is CC(=O)O[C@@H]1C(N(Cc2ccccc2)C(C)=O)[C@H]2C(=C[C@@H](c3ccccc3)[C@H]3C(=O)N(c4ccccc4)C(=O)[C@H]32)[C@@H](O)[C@H]1O. The predicted molar refractivity (Wildman–Crippen MR) is 161 cm³/mol. The van der Waals surface area contributed by atoms with Crippen LogP contribution in [0.5, 0.6) is 0 Å². The largest absolute Gasteiger partial charge is 0.457 e. The van der Waals surface area contributed by atoms with Crippen molar-refractivity contribution in [1.82, 2.24) is 4.90 Å². The molecule has 2 fully saturated rings. The molecule has 1 heterocycles. The molecule has 226 valence electrons. The van der Waals surface area contributed by atoms with Crippen LogP contribution >= 0.6 is 0 Å². The monoisotopic (exact) mass is 594 g/mol. The molecule has 8 atom stereocenters. The molecule has 1 saturated carbocycles. The van der Waals surface area contributed by atoms with Crippen molar-refractivity contribution < 1.29 is 34.1 Å². The van der Waals surface area contributed by atoms with E-state index in [1.54, 1.807) is 36.4 Å². The number of nitrogens with zero attached hydrogens (tertiary/aromatic N) is 2. The lowest BCUT2D eigenvalue weighted by Crippen LogP contribution is -2.66. The van der Waals surface area contributed by atoms with Gasteiger partial charge in [0.15, 0.2) is 6.10 Å². The third-order valence-electron chi connectivity index (χ3n) is 9.10. The number of para-hydroxylation sites is 1. The Labute approximate surface area is 255 Å². The number of allylic oxidation sites excluding steroid dienone is 1. The van der Waals surface area contributed by atoms with E-state index in [1.807, 2.05) is 60.7 Å². The lowest BCUT2D eigenvalue weighted by atomic mass is 9.59. The summed E-state index contributed by atoms with van der Waals surface area (Å²) in [7, 11) is 0. The van der Waals surface area contributed by atoms with Crippen LogP contribution in [0.25, 0.3) is 0 Å². The summed E-state index contributed by atoms with van der Waals surface area (Å²) in [5.74, 6) is -5.36. The zero-order chi connectivity index (χ0) is 31.1. The van der Waals surface area contributed by atoms with Gasteiger partial charge >= 0.3 is 5.97 Å². The number of anilines is 1. The van der Waals surface area contributed by atoms with Crippen molar-refractivity contribution in [3.63, 3.8) is 0 Å². The smallest absolute Gasteiger partial charge is 0.303 e. The van der Waals surface area contributed by atoms with Gasteiger partial charge in [0.05, 0.1) is 23.6 Å². The van der Waals surface area contributed by atoms with Gasteiger partial charge in [0.2, 0.25) is 17.7 Å². The minimum Gasteiger partial charge on any atom is -0.457 e. The number of hydrogen-bond acceptors (Lipinski definition) is 7. The number of esters is 1. The number of carbonyl (C=O) groups excluding carboxylic acids is 4. The molecule has 0 bridgehead atoms. The minimum atomic E-state index is -1.59. The van der Waals surface area contributed by atoms with Gasteiger partial charge in [0.25, 0.3) is 0 Å². The van der Waals surface area contributed by atoms with E-state index < -0.39 is 65.8 Å². The highest BCUT2D eigenvalue weighted by molar-refractivity contribution is 6.22. The van der Waals surface area contributed by atoms with Gasteiger partial charge in [-0.3, -0.25) is 24.1 Å². The molecule has 6 rings (SSSR count). The molecular weight excluding hydrogens is 560 g/mol. The number of fused-ring (bicyclic) bond motifs is 3. The lowest BCUT2D eigenvalue weighted by Gasteiger charge is -2.52. The van der Waals surface area contributed by atoms with E-state index in [2.05, 4.69) is 0 Å². The van der Waals surface area contributed by atoms with E-state index in [1.165, 1.54) is 23.6 Å². The van der Waals surface area contributed by atoms with Crippen molar-refractivity contribution in [2.45, 2.75) is 50.7 Å². The molecule has 2 aliphatic carbocycles. The second-order valence-corrected chi connectivity index (χ2v) is 11.7. The third-order valence-corrected chi connectivity index (χ3v) is 9.10. The Hall–Kier alpha value is -4.60. The van der Waals surface area contributed by atoms with Crippen molar-refractivity contribution in [2.24, 2.45) is 17.8 Å². The number of carbonyl (C=O) groups is 4. The van der Waals surface area contributed by atoms with E-state index in [0.717, 1.165) is 11.1 Å². The number of hydrogen-bond donors (Lipinski definition) is 2. The summed E-state index contributed by atoms with van der Waals surface area (Å²) in [6.45, 7) is 2.65. The first-order chi connectivity index (χ1) is 21.2. The van der Waals surface area contributed by atoms with Crippen molar-refractivity contribution in [3.8, 4) is 0 Å². The molecule has 9 nitrogen and oxygen atoms in total. The third kappa shape index (κ3) is 5.02. The summed E-state index contributed by atoms with van der Waals surface area (Å²) < 4.78 is 5.66. The fourth-order valence-corrected chi connectivity index (χ4v) is 7.31. The van der Waals surface area contributed by atoms with Gasteiger partial charge in [-0.25, -0.2) is 0 Å². The van der Waals surface area contributed by atoms with Gasteiger partial charge in [-0.1, -0.05) is 84.9 Å². The van der Waals surface area contributed by atoms with Crippen LogP contribution in [0.15, 0.2) is 103 Å². The van der Waals surface area contributed by atoms with E-state index >= 15 is 0 Å². The summed E-state index contributed by atoms with van der Waals surface area (Å²) in [5.41, 5.74) is 2.32. The molecular formula is C35H34N2O7. The number of imide groups is 1. The topological polar surface area (TPSA) is 124 Å². The number of amides is 3. The van der Waals surface area contributed by atoms with E-state index in [4.69, 9.17) is 4.74 Å². The van der Waals surface area contributed by atoms with E-state index in [9.17, 15) is 29.4 Å². The molecule has 0 aromatic heterocycles. The molecule has 44 heavy (non-hydrogen) atoms. The van der Waals surface area contributed by atoms with E-state index in [-0.39, 0.29) is 12.5 Å². The standard InChI is InChI=1S/C35H34N2O7/c1-20(38)36(19-22-12-6-3-7-13-22)30-27-26(31(40)32(41)33(30)44-21(2)39)18-25(23-14-8-4-9-15-23)28-29(27)35(43)37(34(28)42)24-16-10-5-11-17-24/h3-18,25,27-33,40-41H,19H2,1-2H3/t25-,27-,28+,29-,30?,31+,32+,33+/m0/s1. The van der Waals surface area contributed by atoms with Gasteiger partial charge in [-0.2, -0.15) is 0 Å². The van der Waals surface area contributed by atoms with Gasteiger partial charge in [0, 0.05) is 32.2 Å². The molecule has 1 unspecified atom stereocenters. The summed E-state index contributed by atoms with van der Waals surface area (Å²) in [4.78, 5) is 57.3. The zero-order valence-corrected chi connectivity index (χ0v) is 24.4. The van der Waals surface area contributed by atoms with Crippen molar-refractivity contribution in [2.75, 3.05) is 4.90 Å². The van der Waals surface area contributed by atoms with Gasteiger partial charge in [-0.05, 0) is 28.8 Å². The average molecular weight is 595 g/mol. The van der Waals surface area contributed by atoms with Crippen LogP contribution < -0.4 is 4.90 Å². The van der Waals surface area contributed by atoms with Crippen LogP contribution in [0.4, 0.5) is 5.69 Å². The van der Waals surface area contributed by atoms with Crippen molar-refractivity contribution in [3.05, 3.63) is 114 Å². The normalized spacial score (nSPS) is 29.4. The fraction of sp³-hybridized carbons (Fsp3) is 0.314. The maximum Gasteiger partial charge on any atom is 0.303 e. The van der Waals surface area contributed by atoms with Crippen LogP contribution in [0, 0.1) is 17.8 Å². The zero-order valence-electron chi connectivity index (χ0n) is 24.4. The summed E-state index contributed by atoms with van der Waals surface area (Å²) >= 11 is 0. The van der Waals surface area contributed by atoms with Gasteiger partial charge < -0.3 is 19.8 Å². The quantitative estimate of drug-likeness (QED) is 0.255. The Morgan fingerprint density at radius 3 is 1.95 bits per heavy atom. The molecule has 1 saturated heterocycles. The van der Waals surface area contributed by atoms with Crippen molar-refractivity contribution in [1.29, 1.82) is 0 Å². The Balaban J connectivity index is 1.56. The molecule has 3 aromatic carbocycles. The van der Waals surface area contributed by atoms with Crippen LogP contribution in [0.2, 0.25) is 0 Å². The Morgan fingerprint density at radius 1 is 0.795 bits per heavy atom. The lowest BCUT2D eigenvalue weighted by molar-refractivity contribution is -0.180.